The second kappa shape index (κ2) is 8.33. The first-order chi connectivity index (χ1) is 10.6. The van der Waals surface area contributed by atoms with Crippen molar-refractivity contribution in [1.82, 2.24) is 25.1 Å². The van der Waals surface area contributed by atoms with Crippen LogP contribution in [0.2, 0.25) is 0 Å². The number of thioether (sulfide) groups is 1. The van der Waals surface area contributed by atoms with Gasteiger partial charge in [0.2, 0.25) is 0 Å². The highest BCUT2D eigenvalue weighted by atomic mass is 32.2. The lowest BCUT2D eigenvalue weighted by Gasteiger charge is -2.24. The summed E-state index contributed by atoms with van der Waals surface area (Å²) in [5, 5.41) is 3.45. The second-order valence-electron chi connectivity index (χ2n) is 5.70. The van der Waals surface area contributed by atoms with E-state index >= 15 is 0 Å². The summed E-state index contributed by atoms with van der Waals surface area (Å²) in [5.41, 5.74) is 0. The molecule has 7 heteroatoms. The third-order valence-electron chi connectivity index (χ3n) is 4.03. The Bertz CT molecular complexity index is 472. The van der Waals surface area contributed by atoms with E-state index in [4.69, 9.17) is 0 Å². The number of amides is 2. The molecular weight excluding hydrogens is 298 g/mol. The number of likely N-dealkylation sites (tertiary alicyclic amines) is 1. The van der Waals surface area contributed by atoms with Crippen molar-refractivity contribution in [3.8, 4) is 0 Å². The predicted octanol–water partition coefficient (Wildman–Crippen LogP) is 1.44. The van der Waals surface area contributed by atoms with Gasteiger partial charge in [-0.1, -0.05) is 6.92 Å². The first-order valence-corrected chi connectivity index (χ1v) is 8.90. The van der Waals surface area contributed by atoms with Crippen molar-refractivity contribution in [3.05, 3.63) is 24.3 Å². The SMILES string of the molecule is CS[C@@H](C)CNC(=O)N1CC[C@@H](N(C)Cc2ncccn2)C1. The zero-order valence-corrected chi connectivity index (χ0v) is 14.3. The lowest BCUT2D eigenvalue weighted by Crippen LogP contribution is -2.42. The van der Waals surface area contributed by atoms with Crippen LogP contribution in [0.25, 0.3) is 0 Å². The maximum Gasteiger partial charge on any atom is 0.317 e. The molecule has 2 atom stereocenters. The van der Waals surface area contributed by atoms with Crippen LogP contribution in [0.5, 0.6) is 0 Å². The molecule has 0 spiro atoms. The number of carbonyl (C=O) groups excluding carboxylic acids is 1. The summed E-state index contributed by atoms with van der Waals surface area (Å²) < 4.78 is 0. The number of urea groups is 1. The number of hydrogen-bond donors (Lipinski definition) is 1. The summed E-state index contributed by atoms with van der Waals surface area (Å²) in [5.74, 6) is 0.821. The van der Waals surface area contributed by atoms with Crippen molar-refractivity contribution >= 4 is 17.8 Å². The van der Waals surface area contributed by atoms with Crippen molar-refractivity contribution in [2.45, 2.75) is 31.2 Å². The van der Waals surface area contributed by atoms with E-state index in [1.54, 1.807) is 24.2 Å². The van der Waals surface area contributed by atoms with Gasteiger partial charge in [-0.3, -0.25) is 4.90 Å². The van der Waals surface area contributed by atoms with Crippen LogP contribution < -0.4 is 5.32 Å². The van der Waals surface area contributed by atoms with Gasteiger partial charge < -0.3 is 10.2 Å². The zero-order valence-electron chi connectivity index (χ0n) is 13.5. The molecule has 1 aliphatic heterocycles. The Balaban J connectivity index is 1.78. The minimum atomic E-state index is 0.0489. The summed E-state index contributed by atoms with van der Waals surface area (Å²) in [6.07, 6.45) is 6.58. The van der Waals surface area contributed by atoms with Crippen molar-refractivity contribution in [2.24, 2.45) is 0 Å². The number of rotatable bonds is 6. The molecule has 1 aromatic rings. The molecule has 22 heavy (non-hydrogen) atoms. The molecular formula is C15H25N5OS. The van der Waals surface area contributed by atoms with E-state index in [0.717, 1.165) is 31.9 Å². The molecule has 1 N–H and O–H groups in total. The van der Waals surface area contributed by atoms with Crippen molar-refractivity contribution in [2.75, 3.05) is 32.9 Å². The van der Waals surface area contributed by atoms with Crippen LogP contribution in [0.3, 0.4) is 0 Å². The van der Waals surface area contributed by atoms with E-state index in [-0.39, 0.29) is 6.03 Å². The topological polar surface area (TPSA) is 61.4 Å². The maximum atomic E-state index is 12.2. The molecule has 0 unspecified atom stereocenters. The molecule has 0 aliphatic carbocycles. The Morgan fingerprint density at radius 1 is 1.55 bits per heavy atom. The first-order valence-electron chi connectivity index (χ1n) is 7.62. The molecule has 2 amide bonds. The van der Waals surface area contributed by atoms with E-state index in [1.807, 2.05) is 11.0 Å². The Labute approximate surface area is 136 Å². The quantitative estimate of drug-likeness (QED) is 0.858. The van der Waals surface area contributed by atoms with E-state index in [9.17, 15) is 4.79 Å². The molecule has 0 radical (unpaired) electrons. The minimum Gasteiger partial charge on any atom is -0.337 e. The van der Waals surface area contributed by atoms with Gasteiger partial charge in [-0.25, -0.2) is 14.8 Å². The standard InChI is InChI=1S/C15H25N5OS/c1-12(22-3)9-18-15(21)20-8-5-13(10-20)19(2)11-14-16-6-4-7-17-14/h4,6-7,12-13H,5,8-11H2,1-3H3,(H,18,21)/t12-,13+/m0/s1. The molecule has 0 saturated carbocycles. The third kappa shape index (κ3) is 4.84. The Kier molecular flexibility index (Phi) is 6.45. The van der Waals surface area contributed by atoms with Crippen molar-refractivity contribution in [3.63, 3.8) is 0 Å². The molecule has 1 saturated heterocycles. The summed E-state index contributed by atoms with van der Waals surface area (Å²) in [6, 6.07) is 2.24. The number of likely N-dealkylation sites (N-methyl/N-ethyl adjacent to an activating group) is 1. The number of hydrogen-bond acceptors (Lipinski definition) is 5. The average molecular weight is 323 g/mol. The molecule has 6 nitrogen and oxygen atoms in total. The van der Waals surface area contributed by atoms with Crippen molar-refractivity contribution < 1.29 is 4.79 Å². The predicted molar refractivity (Wildman–Crippen MR) is 89.9 cm³/mol. The van der Waals surface area contributed by atoms with Gasteiger partial charge in [0.1, 0.15) is 5.82 Å². The van der Waals surface area contributed by atoms with Crippen LogP contribution >= 0.6 is 11.8 Å². The molecule has 1 aliphatic rings. The summed E-state index contributed by atoms with van der Waals surface area (Å²) in [4.78, 5) is 24.8. The normalized spacial score (nSPS) is 19.5. The highest BCUT2D eigenvalue weighted by Crippen LogP contribution is 2.16. The Hall–Kier alpha value is -1.34. The number of carbonyl (C=O) groups is 1. The largest absolute Gasteiger partial charge is 0.337 e. The van der Waals surface area contributed by atoms with Gasteiger partial charge in [0.05, 0.1) is 6.54 Å². The molecule has 122 valence electrons. The van der Waals surface area contributed by atoms with E-state index < -0.39 is 0 Å². The fraction of sp³-hybridized carbons (Fsp3) is 0.667. The second-order valence-corrected chi connectivity index (χ2v) is 6.98. The highest BCUT2D eigenvalue weighted by molar-refractivity contribution is 7.99. The number of nitrogens with zero attached hydrogens (tertiary/aromatic N) is 4. The fourth-order valence-corrected chi connectivity index (χ4v) is 2.73. The number of nitrogens with one attached hydrogen (secondary N) is 1. The molecule has 1 fully saturated rings. The minimum absolute atomic E-state index is 0.0489. The molecule has 2 heterocycles. The van der Waals surface area contributed by atoms with Gasteiger partial charge in [-0.15, -0.1) is 0 Å². The van der Waals surface area contributed by atoms with Gasteiger partial charge in [0, 0.05) is 43.3 Å². The van der Waals surface area contributed by atoms with Crippen LogP contribution in [0.4, 0.5) is 4.79 Å². The maximum absolute atomic E-state index is 12.2. The Morgan fingerprint density at radius 2 is 2.27 bits per heavy atom. The van der Waals surface area contributed by atoms with Crippen LogP contribution in [0, 0.1) is 0 Å². The molecule has 0 aromatic carbocycles. The van der Waals surface area contributed by atoms with Gasteiger partial charge in [0.25, 0.3) is 0 Å². The van der Waals surface area contributed by atoms with Gasteiger partial charge >= 0.3 is 6.03 Å². The first kappa shape index (κ1) is 17.0. The average Bonchev–Trinajstić information content (AvgIpc) is 3.03. The third-order valence-corrected chi connectivity index (χ3v) is 5.00. The Morgan fingerprint density at radius 3 is 2.95 bits per heavy atom. The van der Waals surface area contributed by atoms with Crippen molar-refractivity contribution in [1.29, 1.82) is 0 Å². The van der Waals surface area contributed by atoms with Crippen LogP contribution in [0.1, 0.15) is 19.2 Å². The molecule has 0 bridgehead atoms. The fourth-order valence-electron chi connectivity index (χ4n) is 2.48. The summed E-state index contributed by atoms with van der Waals surface area (Å²) in [7, 11) is 2.07. The van der Waals surface area contributed by atoms with Gasteiger partial charge in [-0.05, 0) is 25.8 Å². The molecule has 2 rings (SSSR count). The van der Waals surface area contributed by atoms with Crippen LogP contribution in [0.15, 0.2) is 18.5 Å². The van der Waals surface area contributed by atoms with Gasteiger partial charge in [0.15, 0.2) is 0 Å². The molecule has 1 aromatic heterocycles. The van der Waals surface area contributed by atoms with Crippen LogP contribution in [-0.2, 0) is 6.54 Å². The lowest BCUT2D eigenvalue weighted by molar-refractivity contribution is 0.196. The summed E-state index contributed by atoms with van der Waals surface area (Å²) in [6.45, 7) is 5.12. The van der Waals surface area contributed by atoms with Gasteiger partial charge in [-0.2, -0.15) is 11.8 Å². The monoisotopic (exact) mass is 323 g/mol. The highest BCUT2D eigenvalue weighted by Gasteiger charge is 2.29. The number of aromatic nitrogens is 2. The van der Waals surface area contributed by atoms with E-state index in [1.165, 1.54) is 0 Å². The lowest BCUT2D eigenvalue weighted by atomic mass is 10.2. The zero-order chi connectivity index (χ0) is 15.9. The van der Waals surface area contributed by atoms with Crippen LogP contribution in [-0.4, -0.2) is 70.0 Å². The summed E-state index contributed by atoms with van der Waals surface area (Å²) >= 11 is 1.76. The smallest absolute Gasteiger partial charge is 0.317 e. The van der Waals surface area contributed by atoms with E-state index in [2.05, 4.69) is 40.4 Å². The van der Waals surface area contributed by atoms with E-state index in [0.29, 0.717) is 17.8 Å².